The summed E-state index contributed by atoms with van der Waals surface area (Å²) in [6.07, 6.45) is 0.525. The molecule has 0 bridgehead atoms. The van der Waals surface area contributed by atoms with E-state index in [0.717, 1.165) is 0 Å². The third-order valence-electron chi connectivity index (χ3n) is 1.59. The lowest BCUT2D eigenvalue weighted by Gasteiger charge is -2.05. The predicted octanol–water partition coefficient (Wildman–Crippen LogP) is 0.434. The third-order valence-corrected chi connectivity index (χ3v) is 1.59. The fourth-order valence-electron chi connectivity index (χ4n) is 0.965. The Bertz CT molecular complexity index is 304. The molecule has 0 spiro atoms. The molecule has 1 heterocycles. The van der Waals surface area contributed by atoms with Crippen LogP contribution in [0.5, 0.6) is 5.88 Å². The van der Waals surface area contributed by atoms with Crippen molar-refractivity contribution in [3.63, 3.8) is 0 Å². The molecule has 0 saturated heterocycles. The van der Waals surface area contributed by atoms with E-state index in [-0.39, 0.29) is 11.6 Å². The molecule has 72 valence electrons. The summed E-state index contributed by atoms with van der Waals surface area (Å²) in [6.45, 7) is 2.01. The molecule has 0 unspecified atom stereocenters. The summed E-state index contributed by atoms with van der Waals surface area (Å²) in [5.74, 6) is -0.0162. The van der Waals surface area contributed by atoms with Gasteiger partial charge in [0.25, 0.3) is 5.88 Å². The van der Waals surface area contributed by atoms with Gasteiger partial charge in [0.05, 0.1) is 12.8 Å². The van der Waals surface area contributed by atoms with E-state index in [1.165, 1.54) is 7.11 Å². The lowest BCUT2D eigenvalue weighted by Crippen LogP contribution is -2.09. The lowest BCUT2D eigenvalue weighted by molar-refractivity contribution is 0.362. The van der Waals surface area contributed by atoms with Crippen LogP contribution in [0.2, 0.25) is 0 Å². The van der Waals surface area contributed by atoms with Crippen molar-refractivity contribution in [2.75, 3.05) is 13.7 Å². The van der Waals surface area contributed by atoms with Gasteiger partial charge in [-0.05, 0) is 13.5 Å². The van der Waals surface area contributed by atoms with E-state index in [1.807, 2.05) is 0 Å². The van der Waals surface area contributed by atoms with Gasteiger partial charge in [-0.1, -0.05) is 0 Å². The van der Waals surface area contributed by atoms with E-state index < -0.39 is 5.82 Å². The molecule has 0 aliphatic heterocycles. The maximum atomic E-state index is 13.1. The third kappa shape index (κ3) is 2.12. The molecule has 0 aliphatic rings. The summed E-state index contributed by atoms with van der Waals surface area (Å²) < 4.78 is 17.9. The van der Waals surface area contributed by atoms with Crippen LogP contribution in [0.25, 0.3) is 0 Å². The molecule has 0 fully saturated rings. The number of methoxy groups -OCH3 is 1. The fraction of sp³-hybridized carbons (Fsp3) is 0.500. The van der Waals surface area contributed by atoms with Crippen molar-refractivity contribution in [2.24, 2.45) is 5.73 Å². The molecule has 1 aromatic rings. The first-order valence-electron chi connectivity index (χ1n) is 3.96. The van der Waals surface area contributed by atoms with Crippen LogP contribution in [0.3, 0.4) is 0 Å². The Labute approximate surface area is 75.9 Å². The Kier molecular flexibility index (Phi) is 3.13. The maximum absolute atomic E-state index is 13.1. The lowest BCUT2D eigenvalue weighted by atomic mass is 10.3. The molecular formula is C8H12FN3O. The molecule has 2 N–H and O–H groups in total. The first kappa shape index (κ1) is 9.85. The standard InChI is InChI=1S/C8H12FN3O/c1-5-7(9)8(13-2)12-6(11-5)3-4-10/h3-4,10H2,1-2H3. The Morgan fingerprint density at radius 1 is 1.46 bits per heavy atom. The van der Waals surface area contributed by atoms with E-state index >= 15 is 0 Å². The maximum Gasteiger partial charge on any atom is 0.253 e. The predicted molar refractivity (Wildman–Crippen MR) is 46.0 cm³/mol. The Morgan fingerprint density at radius 3 is 2.69 bits per heavy atom. The van der Waals surface area contributed by atoms with Crippen LogP contribution in [0.4, 0.5) is 4.39 Å². The normalized spacial score (nSPS) is 10.2. The highest BCUT2D eigenvalue weighted by atomic mass is 19.1. The van der Waals surface area contributed by atoms with Gasteiger partial charge >= 0.3 is 0 Å². The largest absolute Gasteiger partial charge is 0.479 e. The summed E-state index contributed by atoms with van der Waals surface area (Å²) >= 11 is 0. The van der Waals surface area contributed by atoms with Crippen LogP contribution < -0.4 is 10.5 Å². The summed E-state index contributed by atoms with van der Waals surface area (Å²) in [7, 11) is 1.37. The molecule has 0 aromatic carbocycles. The smallest absolute Gasteiger partial charge is 0.253 e. The number of rotatable bonds is 3. The molecule has 0 saturated carbocycles. The zero-order valence-corrected chi connectivity index (χ0v) is 7.67. The van der Waals surface area contributed by atoms with Crippen molar-refractivity contribution in [3.8, 4) is 5.88 Å². The van der Waals surface area contributed by atoms with Crippen LogP contribution in [0.15, 0.2) is 0 Å². The quantitative estimate of drug-likeness (QED) is 0.742. The second-order valence-electron chi connectivity index (χ2n) is 2.59. The van der Waals surface area contributed by atoms with Crippen LogP contribution in [-0.2, 0) is 6.42 Å². The minimum Gasteiger partial charge on any atom is -0.479 e. The second kappa shape index (κ2) is 4.13. The van der Waals surface area contributed by atoms with Crippen LogP contribution in [0.1, 0.15) is 11.5 Å². The zero-order chi connectivity index (χ0) is 9.84. The van der Waals surface area contributed by atoms with Crippen LogP contribution in [0, 0.1) is 12.7 Å². The van der Waals surface area contributed by atoms with Crippen molar-refractivity contribution in [1.29, 1.82) is 0 Å². The molecule has 1 rings (SSSR count). The number of ether oxygens (including phenoxy) is 1. The number of nitrogens with two attached hydrogens (primary N) is 1. The Balaban J connectivity index is 3.06. The van der Waals surface area contributed by atoms with Crippen molar-refractivity contribution in [3.05, 3.63) is 17.3 Å². The monoisotopic (exact) mass is 185 g/mol. The molecule has 13 heavy (non-hydrogen) atoms. The van der Waals surface area contributed by atoms with Crippen molar-refractivity contribution >= 4 is 0 Å². The first-order chi connectivity index (χ1) is 6.19. The number of halogens is 1. The van der Waals surface area contributed by atoms with Gasteiger partial charge in [0, 0.05) is 6.42 Å². The number of aromatic nitrogens is 2. The summed E-state index contributed by atoms with van der Waals surface area (Å²) in [6, 6.07) is 0. The molecule has 0 amide bonds. The summed E-state index contributed by atoms with van der Waals surface area (Å²) in [5.41, 5.74) is 5.61. The van der Waals surface area contributed by atoms with Gasteiger partial charge in [0.15, 0.2) is 0 Å². The molecule has 4 nitrogen and oxygen atoms in total. The highest BCUT2D eigenvalue weighted by Gasteiger charge is 2.10. The summed E-state index contributed by atoms with van der Waals surface area (Å²) in [5, 5.41) is 0. The van der Waals surface area contributed by atoms with Crippen LogP contribution >= 0.6 is 0 Å². The van der Waals surface area contributed by atoms with Crippen molar-refractivity contribution in [1.82, 2.24) is 9.97 Å². The topological polar surface area (TPSA) is 61.0 Å². The van der Waals surface area contributed by atoms with Crippen molar-refractivity contribution in [2.45, 2.75) is 13.3 Å². The average molecular weight is 185 g/mol. The van der Waals surface area contributed by atoms with Gasteiger partial charge in [-0.15, -0.1) is 0 Å². The fourth-order valence-corrected chi connectivity index (χ4v) is 0.965. The van der Waals surface area contributed by atoms with E-state index in [2.05, 4.69) is 9.97 Å². The number of aryl methyl sites for hydroxylation is 1. The van der Waals surface area contributed by atoms with Gasteiger partial charge in [-0.25, -0.2) is 4.98 Å². The number of hydrogen-bond acceptors (Lipinski definition) is 4. The van der Waals surface area contributed by atoms with Gasteiger partial charge in [0.2, 0.25) is 5.82 Å². The molecule has 0 radical (unpaired) electrons. The Morgan fingerprint density at radius 2 is 2.15 bits per heavy atom. The van der Waals surface area contributed by atoms with E-state index in [9.17, 15) is 4.39 Å². The van der Waals surface area contributed by atoms with E-state index in [1.54, 1.807) is 6.92 Å². The zero-order valence-electron chi connectivity index (χ0n) is 7.67. The minimum absolute atomic E-state index is 0.0176. The van der Waals surface area contributed by atoms with Crippen molar-refractivity contribution < 1.29 is 9.13 Å². The number of nitrogens with zero attached hydrogens (tertiary/aromatic N) is 2. The SMILES string of the molecule is COc1nc(CCN)nc(C)c1F. The van der Waals surface area contributed by atoms with Crippen LogP contribution in [-0.4, -0.2) is 23.6 Å². The molecule has 5 heteroatoms. The van der Waals surface area contributed by atoms with Gasteiger partial charge < -0.3 is 10.5 Å². The second-order valence-corrected chi connectivity index (χ2v) is 2.59. The minimum atomic E-state index is -0.511. The van der Waals surface area contributed by atoms with Gasteiger partial charge in [0.1, 0.15) is 5.82 Å². The van der Waals surface area contributed by atoms with E-state index in [4.69, 9.17) is 10.5 Å². The van der Waals surface area contributed by atoms with Gasteiger partial charge in [-0.2, -0.15) is 9.37 Å². The van der Waals surface area contributed by atoms with E-state index in [0.29, 0.717) is 18.8 Å². The molecular weight excluding hydrogens is 173 g/mol. The molecule has 0 atom stereocenters. The summed E-state index contributed by atoms with van der Waals surface area (Å²) in [4.78, 5) is 7.78. The molecule has 0 aliphatic carbocycles. The highest BCUT2D eigenvalue weighted by molar-refractivity contribution is 5.18. The Hall–Kier alpha value is -1.23. The average Bonchev–Trinajstić information content (AvgIpc) is 2.11. The highest BCUT2D eigenvalue weighted by Crippen LogP contribution is 2.15. The molecule has 1 aromatic heterocycles. The first-order valence-corrected chi connectivity index (χ1v) is 3.96. The van der Waals surface area contributed by atoms with Gasteiger partial charge in [-0.3, -0.25) is 0 Å². The number of hydrogen-bond donors (Lipinski definition) is 1.